The molecule has 0 unspecified atom stereocenters. The van der Waals surface area contributed by atoms with Gasteiger partial charge in [-0.05, 0) is 34.0 Å². The van der Waals surface area contributed by atoms with E-state index >= 15 is 0 Å². The Morgan fingerprint density at radius 3 is 2.53 bits per heavy atom. The standard InChI is InChI=1S/C14H24N2O/c1-14(2,16(4)11-10-15-3)12-8-6-7-9-13(12)17-5/h6-9,15H,10-11H2,1-5H3. The van der Waals surface area contributed by atoms with Crippen molar-refractivity contribution in [3.8, 4) is 5.75 Å². The maximum atomic E-state index is 5.44. The maximum Gasteiger partial charge on any atom is 0.123 e. The second-order valence-corrected chi connectivity index (χ2v) is 4.78. The SMILES string of the molecule is CNCCN(C)C(C)(C)c1ccccc1OC. The summed E-state index contributed by atoms with van der Waals surface area (Å²) in [5, 5.41) is 3.18. The van der Waals surface area contributed by atoms with E-state index in [2.05, 4.69) is 43.2 Å². The molecule has 17 heavy (non-hydrogen) atoms. The van der Waals surface area contributed by atoms with E-state index in [0.29, 0.717) is 0 Å². The predicted molar refractivity (Wildman–Crippen MR) is 72.6 cm³/mol. The summed E-state index contributed by atoms with van der Waals surface area (Å²) >= 11 is 0. The predicted octanol–water partition coefficient (Wildman–Crippen LogP) is 2.08. The van der Waals surface area contributed by atoms with Crippen LogP contribution in [0.15, 0.2) is 24.3 Å². The Morgan fingerprint density at radius 1 is 1.29 bits per heavy atom. The summed E-state index contributed by atoms with van der Waals surface area (Å²) in [4.78, 5) is 2.33. The van der Waals surface area contributed by atoms with Crippen LogP contribution in [0.1, 0.15) is 19.4 Å². The highest BCUT2D eigenvalue weighted by atomic mass is 16.5. The zero-order valence-corrected chi connectivity index (χ0v) is 11.6. The quantitative estimate of drug-likeness (QED) is 0.818. The van der Waals surface area contributed by atoms with Crippen LogP contribution >= 0.6 is 0 Å². The molecular weight excluding hydrogens is 212 g/mol. The molecule has 1 N–H and O–H groups in total. The van der Waals surface area contributed by atoms with Crippen molar-refractivity contribution in [1.82, 2.24) is 10.2 Å². The summed E-state index contributed by atoms with van der Waals surface area (Å²) in [5.74, 6) is 0.953. The minimum Gasteiger partial charge on any atom is -0.496 e. The number of hydrogen-bond donors (Lipinski definition) is 1. The Morgan fingerprint density at radius 2 is 1.94 bits per heavy atom. The number of nitrogens with zero attached hydrogens (tertiary/aromatic N) is 1. The lowest BCUT2D eigenvalue weighted by atomic mass is 9.91. The van der Waals surface area contributed by atoms with E-state index in [1.54, 1.807) is 7.11 Å². The minimum absolute atomic E-state index is 0.0382. The van der Waals surface area contributed by atoms with Crippen molar-refractivity contribution in [3.05, 3.63) is 29.8 Å². The first-order valence-corrected chi connectivity index (χ1v) is 6.03. The first-order valence-electron chi connectivity index (χ1n) is 6.03. The van der Waals surface area contributed by atoms with Gasteiger partial charge in [-0.2, -0.15) is 0 Å². The molecule has 0 bridgehead atoms. The van der Waals surface area contributed by atoms with E-state index in [1.807, 2.05) is 19.2 Å². The molecule has 1 aromatic rings. The van der Waals surface area contributed by atoms with Crippen molar-refractivity contribution in [2.75, 3.05) is 34.3 Å². The molecule has 0 saturated heterocycles. The minimum atomic E-state index is -0.0382. The van der Waals surface area contributed by atoms with E-state index < -0.39 is 0 Å². The van der Waals surface area contributed by atoms with Gasteiger partial charge in [-0.25, -0.2) is 0 Å². The van der Waals surface area contributed by atoms with Gasteiger partial charge in [0.05, 0.1) is 7.11 Å². The van der Waals surface area contributed by atoms with Crippen LogP contribution in [0.3, 0.4) is 0 Å². The smallest absolute Gasteiger partial charge is 0.123 e. The summed E-state index contributed by atoms with van der Waals surface area (Å²) in [5.41, 5.74) is 1.19. The van der Waals surface area contributed by atoms with Crippen LogP contribution in [0.5, 0.6) is 5.75 Å². The lowest BCUT2D eigenvalue weighted by molar-refractivity contribution is 0.154. The molecule has 96 valence electrons. The Labute approximate surface area is 105 Å². The van der Waals surface area contributed by atoms with Crippen LogP contribution in [0, 0.1) is 0 Å². The maximum absolute atomic E-state index is 5.44. The third-order valence-electron chi connectivity index (χ3n) is 3.42. The number of hydrogen-bond acceptors (Lipinski definition) is 3. The first-order chi connectivity index (χ1) is 8.04. The Kier molecular flexibility index (Phi) is 4.97. The van der Waals surface area contributed by atoms with Gasteiger partial charge in [0.25, 0.3) is 0 Å². The lowest BCUT2D eigenvalue weighted by Gasteiger charge is -2.37. The number of methoxy groups -OCH3 is 1. The summed E-state index contributed by atoms with van der Waals surface area (Å²) in [6, 6.07) is 8.22. The van der Waals surface area contributed by atoms with Gasteiger partial charge in [-0.15, -0.1) is 0 Å². The monoisotopic (exact) mass is 236 g/mol. The van der Waals surface area contributed by atoms with Gasteiger partial charge >= 0.3 is 0 Å². The van der Waals surface area contributed by atoms with Crippen molar-refractivity contribution in [2.45, 2.75) is 19.4 Å². The molecule has 0 heterocycles. The molecule has 3 nitrogen and oxygen atoms in total. The van der Waals surface area contributed by atoms with Crippen LogP contribution in [0.4, 0.5) is 0 Å². The fraction of sp³-hybridized carbons (Fsp3) is 0.571. The van der Waals surface area contributed by atoms with Gasteiger partial charge in [0.1, 0.15) is 5.75 Å². The van der Waals surface area contributed by atoms with Crippen LogP contribution in [-0.2, 0) is 5.54 Å². The zero-order chi connectivity index (χ0) is 12.9. The van der Waals surface area contributed by atoms with Gasteiger partial charge < -0.3 is 10.1 Å². The molecule has 0 atom stereocenters. The molecule has 0 aliphatic rings. The van der Waals surface area contributed by atoms with E-state index in [0.717, 1.165) is 18.8 Å². The molecule has 0 aromatic heterocycles. The highest BCUT2D eigenvalue weighted by molar-refractivity contribution is 5.38. The van der Waals surface area contributed by atoms with Gasteiger partial charge in [-0.3, -0.25) is 4.90 Å². The largest absolute Gasteiger partial charge is 0.496 e. The van der Waals surface area contributed by atoms with Crippen molar-refractivity contribution in [2.24, 2.45) is 0 Å². The van der Waals surface area contributed by atoms with Crippen LogP contribution in [0.2, 0.25) is 0 Å². The summed E-state index contributed by atoms with van der Waals surface area (Å²) in [7, 11) is 5.84. The number of para-hydroxylation sites is 1. The van der Waals surface area contributed by atoms with Crippen molar-refractivity contribution in [3.63, 3.8) is 0 Å². The number of benzene rings is 1. The Balaban J connectivity index is 2.94. The zero-order valence-electron chi connectivity index (χ0n) is 11.6. The number of rotatable bonds is 6. The third kappa shape index (κ3) is 3.20. The molecule has 1 aromatic carbocycles. The molecule has 0 radical (unpaired) electrons. The van der Waals surface area contributed by atoms with E-state index in [-0.39, 0.29) is 5.54 Å². The second kappa shape index (κ2) is 6.03. The van der Waals surface area contributed by atoms with E-state index in [9.17, 15) is 0 Å². The molecule has 0 aliphatic carbocycles. The Bertz CT molecular complexity index is 350. The summed E-state index contributed by atoms with van der Waals surface area (Å²) in [6.45, 7) is 6.43. The molecule has 0 amide bonds. The van der Waals surface area contributed by atoms with Crippen molar-refractivity contribution in [1.29, 1.82) is 0 Å². The van der Waals surface area contributed by atoms with Gasteiger partial charge in [-0.1, -0.05) is 18.2 Å². The number of nitrogens with one attached hydrogen (secondary N) is 1. The topological polar surface area (TPSA) is 24.5 Å². The Hall–Kier alpha value is -1.06. The number of likely N-dealkylation sites (N-methyl/N-ethyl adjacent to an activating group) is 2. The molecule has 1 rings (SSSR count). The summed E-state index contributed by atoms with van der Waals surface area (Å²) in [6.07, 6.45) is 0. The van der Waals surface area contributed by atoms with Crippen molar-refractivity contribution < 1.29 is 4.74 Å². The molecule has 3 heteroatoms. The van der Waals surface area contributed by atoms with Gasteiger partial charge in [0.15, 0.2) is 0 Å². The molecule has 0 fully saturated rings. The highest BCUT2D eigenvalue weighted by Gasteiger charge is 2.28. The second-order valence-electron chi connectivity index (χ2n) is 4.78. The van der Waals surface area contributed by atoms with E-state index in [1.165, 1.54) is 5.56 Å². The fourth-order valence-electron chi connectivity index (χ4n) is 1.91. The first kappa shape index (κ1) is 14.0. The highest BCUT2D eigenvalue weighted by Crippen LogP contribution is 2.33. The fourth-order valence-corrected chi connectivity index (χ4v) is 1.91. The average molecular weight is 236 g/mol. The number of ether oxygens (including phenoxy) is 1. The van der Waals surface area contributed by atoms with Crippen LogP contribution < -0.4 is 10.1 Å². The van der Waals surface area contributed by atoms with Gasteiger partial charge in [0.2, 0.25) is 0 Å². The van der Waals surface area contributed by atoms with E-state index in [4.69, 9.17) is 4.74 Å². The molecule has 0 saturated carbocycles. The molecular formula is C14H24N2O. The molecule has 0 aliphatic heterocycles. The van der Waals surface area contributed by atoms with Gasteiger partial charge in [0, 0.05) is 24.2 Å². The average Bonchev–Trinajstić information content (AvgIpc) is 2.35. The normalized spacial score (nSPS) is 11.9. The third-order valence-corrected chi connectivity index (χ3v) is 3.42. The van der Waals surface area contributed by atoms with Crippen LogP contribution in [-0.4, -0.2) is 39.2 Å². The summed E-state index contributed by atoms with van der Waals surface area (Å²) < 4.78 is 5.44. The van der Waals surface area contributed by atoms with Crippen molar-refractivity contribution >= 4 is 0 Å². The molecule has 0 spiro atoms. The lowest BCUT2D eigenvalue weighted by Crippen LogP contribution is -2.42. The van der Waals surface area contributed by atoms with Crippen LogP contribution in [0.25, 0.3) is 0 Å².